The molecule has 1 aliphatic rings. The van der Waals surface area contributed by atoms with Crippen LogP contribution < -0.4 is 0 Å². The van der Waals surface area contributed by atoms with Crippen molar-refractivity contribution in [2.45, 2.75) is 32.7 Å². The number of aromatic amines is 1. The van der Waals surface area contributed by atoms with E-state index in [1.807, 2.05) is 16.9 Å². The van der Waals surface area contributed by atoms with E-state index >= 15 is 0 Å². The lowest BCUT2D eigenvalue weighted by Crippen LogP contribution is -2.33. The van der Waals surface area contributed by atoms with Crippen molar-refractivity contribution < 1.29 is 5.11 Å². The van der Waals surface area contributed by atoms with Gasteiger partial charge in [0.1, 0.15) is 0 Å². The van der Waals surface area contributed by atoms with Crippen molar-refractivity contribution in [3.63, 3.8) is 0 Å². The van der Waals surface area contributed by atoms with Crippen LogP contribution in [-0.2, 0) is 19.6 Å². The first-order valence-electron chi connectivity index (χ1n) is 7.73. The summed E-state index contributed by atoms with van der Waals surface area (Å²) < 4.78 is 2.02. The van der Waals surface area contributed by atoms with Crippen molar-refractivity contribution in [2.24, 2.45) is 0 Å². The Kier molecular flexibility index (Phi) is 3.24. The molecule has 5 heteroatoms. The van der Waals surface area contributed by atoms with Crippen molar-refractivity contribution in [1.82, 2.24) is 19.7 Å². The number of nitrogens with zero attached hydrogens (tertiary/aromatic N) is 3. The van der Waals surface area contributed by atoms with Gasteiger partial charge in [-0.1, -0.05) is 12.1 Å². The average molecular weight is 296 g/mol. The van der Waals surface area contributed by atoms with Crippen LogP contribution in [0.4, 0.5) is 0 Å². The topological polar surface area (TPSA) is 57.1 Å². The summed E-state index contributed by atoms with van der Waals surface area (Å²) in [4.78, 5) is 5.70. The molecule has 1 unspecified atom stereocenters. The lowest BCUT2D eigenvalue weighted by atomic mass is 10.1. The maximum Gasteiger partial charge on any atom is 0.0950 e. The molecule has 0 fully saturated rings. The molecule has 1 atom stereocenters. The molecule has 3 heterocycles. The summed E-state index contributed by atoms with van der Waals surface area (Å²) >= 11 is 0. The summed E-state index contributed by atoms with van der Waals surface area (Å²) in [7, 11) is 0. The zero-order valence-electron chi connectivity index (χ0n) is 12.7. The second-order valence-corrected chi connectivity index (χ2v) is 6.03. The third-order valence-corrected chi connectivity index (χ3v) is 4.40. The number of fused-ring (bicyclic) bond motifs is 2. The Hall–Kier alpha value is -2.11. The summed E-state index contributed by atoms with van der Waals surface area (Å²) in [5, 5.41) is 15.4. The molecule has 0 saturated carbocycles. The molecule has 0 aliphatic carbocycles. The average Bonchev–Trinajstić information content (AvgIpc) is 3.13. The van der Waals surface area contributed by atoms with E-state index in [2.05, 4.69) is 39.2 Å². The summed E-state index contributed by atoms with van der Waals surface area (Å²) in [6.45, 7) is 5.43. The number of nitrogens with one attached hydrogen (secondary N) is 1. The second kappa shape index (κ2) is 5.26. The fraction of sp³-hybridized carbons (Fsp3) is 0.353. The van der Waals surface area contributed by atoms with E-state index in [1.165, 1.54) is 22.2 Å². The third kappa shape index (κ3) is 2.32. The van der Waals surface area contributed by atoms with E-state index in [0.29, 0.717) is 0 Å². The predicted molar refractivity (Wildman–Crippen MR) is 85.3 cm³/mol. The van der Waals surface area contributed by atoms with Crippen LogP contribution in [-0.4, -0.2) is 31.3 Å². The molecule has 4 rings (SSSR count). The van der Waals surface area contributed by atoms with E-state index in [4.69, 9.17) is 0 Å². The van der Waals surface area contributed by atoms with E-state index in [-0.39, 0.29) is 0 Å². The van der Waals surface area contributed by atoms with Crippen LogP contribution in [0.3, 0.4) is 0 Å². The molecule has 1 aromatic carbocycles. The van der Waals surface area contributed by atoms with Crippen LogP contribution in [0.5, 0.6) is 0 Å². The minimum atomic E-state index is -0.500. The zero-order valence-corrected chi connectivity index (χ0v) is 12.7. The monoisotopic (exact) mass is 296 g/mol. The summed E-state index contributed by atoms with van der Waals surface area (Å²) in [6, 6.07) is 10.6. The van der Waals surface area contributed by atoms with Crippen LogP contribution in [0.25, 0.3) is 10.9 Å². The van der Waals surface area contributed by atoms with Gasteiger partial charge >= 0.3 is 0 Å². The van der Waals surface area contributed by atoms with Crippen LogP contribution in [0.15, 0.2) is 36.5 Å². The smallest absolute Gasteiger partial charge is 0.0950 e. The maximum absolute atomic E-state index is 9.68. The normalized spacial score (nSPS) is 16.8. The van der Waals surface area contributed by atoms with Crippen LogP contribution in [0.1, 0.15) is 30.0 Å². The Morgan fingerprint density at radius 2 is 2.23 bits per heavy atom. The molecule has 1 aliphatic heterocycles. The first kappa shape index (κ1) is 13.5. The Bertz CT molecular complexity index is 802. The van der Waals surface area contributed by atoms with Crippen molar-refractivity contribution in [3.05, 3.63) is 53.5 Å². The van der Waals surface area contributed by atoms with Gasteiger partial charge in [0.15, 0.2) is 0 Å². The number of rotatable bonds is 3. The maximum atomic E-state index is 9.68. The largest absolute Gasteiger partial charge is 0.387 e. The molecule has 0 saturated heterocycles. The Morgan fingerprint density at radius 3 is 3.09 bits per heavy atom. The SMILES string of the molecule is CC(O)c1cc2n(n1)CCN(Cc1cccc3[nH]ccc13)C2. The van der Waals surface area contributed by atoms with Gasteiger partial charge in [0.05, 0.1) is 24.0 Å². The molecule has 0 radical (unpaired) electrons. The first-order valence-corrected chi connectivity index (χ1v) is 7.73. The molecule has 0 bridgehead atoms. The molecular formula is C17H20N4O. The fourth-order valence-corrected chi connectivity index (χ4v) is 3.21. The Balaban J connectivity index is 1.56. The minimum Gasteiger partial charge on any atom is -0.387 e. The number of aliphatic hydroxyl groups excluding tert-OH is 1. The van der Waals surface area contributed by atoms with Crippen LogP contribution >= 0.6 is 0 Å². The molecule has 114 valence electrons. The van der Waals surface area contributed by atoms with Crippen LogP contribution in [0.2, 0.25) is 0 Å². The van der Waals surface area contributed by atoms with Crippen molar-refractivity contribution in [1.29, 1.82) is 0 Å². The predicted octanol–water partition coefficient (Wildman–Crippen LogP) is 2.43. The molecule has 0 spiro atoms. The lowest BCUT2D eigenvalue weighted by molar-refractivity contribution is 0.189. The molecule has 5 nitrogen and oxygen atoms in total. The Labute approximate surface area is 129 Å². The number of hydrogen-bond acceptors (Lipinski definition) is 3. The van der Waals surface area contributed by atoms with Gasteiger partial charge in [-0.05, 0) is 30.7 Å². The zero-order chi connectivity index (χ0) is 15.1. The number of H-pyrrole nitrogens is 1. The highest BCUT2D eigenvalue weighted by Crippen LogP contribution is 2.22. The highest BCUT2D eigenvalue weighted by atomic mass is 16.3. The van der Waals surface area contributed by atoms with Gasteiger partial charge in [-0.2, -0.15) is 5.10 Å². The van der Waals surface area contributed by atoms with Gasteiger partial charge in [-0.15, -0.1) is 0 Å². The summed E-state index contributed by atoms with van der Waals surface area (Å²) in [5.41, 5.74) is 4.49. The van der Waals surface area contributed by atoms with Gasteiger partial charge in [-0.25, -0.2) is 0 Å². The number of aliphatic hydroxyl groups is 1. The van der Waals surface area contributed by atoms with Crippen LogP contribution in [0, 0.1) is 0 Å². The third-order valence-electron chi connectivity index (χ3n) is 4.40. The fourth-order valence-electron chi connectivity index (χ4n) is 3.21. The number of aromatic nitrogens is 3. The van der Waals surface area contributed by atoms with E-state index in [9.17, 15) is 5.11 Å². The molecule has 22 heavy (non-hydrogen) atoms. The van der Waals surface area contributed by atoms with Crippen molar-refractivity contribution >= 4 is 10.9 Å². The van der Waals surface area contributed by atoms with Crippen molar-refractivity contribution in [3.8, 4) is 0 Å². The highest BCUT2D eigenvalue weighted by molar-refractivity contribution is 5.82. The highest BCUT2D eigenvalue weighted by Gasteiger charge is 2.20. The summed E-state index contributed by atoms with van der Waals surface area (Å²) in [5.74, 6) is 0. The first-order chi connectivity index (χ1) is 10.7. The lowest BCUT2D eigenvalue weighted by Gasteiger charge is -2.27. The van der Waals surface area contributed by atoms with Crippen molar-refractivity contribution in [2.75, 3.05) is 6.54 Å². The van der Waals surface area contributed by atoms with E-state index < -0.39 is 6.10 Å². The van der Waals surface area contributed by atoms with Gasteiger partial charge in [0.25, 0.3) is 0 Å². The van der Waals surface area contributed by atoms with Gasteiger partial charge in [0.2, 0.25) is 0 Å². The second-order valence-electron chi connectivity index (χ2n) is 6.03. The Morgan fingerprint density at radius 1 is 1.32 bits per heavy atom. The number of benzene rings is 1. The minimum absolute atomic E-state index is 0.500. The molecule has 2 aromatic heterocycles. The quantitative estimate of drug-likeness (QED) is 0.780. The van der Waals surface area contributed by atoms with Gasteiger partial charge in [0, 0.05) is 36.7 Å². The molecule has 3 aromatic rings. The van der Waals surface area contributed by atoms with E-state index in [0.717, 1.165) is 31.9 Å². The molecular weight excluding hydrogens is 276 g/mol. The number of hydrogen-bond donors (Lipinski definition) is 2. The van der Waals surface area contributed by atoms with Gasteiger partial charge in [-0.3, -0.25) is 9.58 Å². The van der Waals surface area contributed by atoms with Gasteiger partial charge < -0.3 is 10.1 Å². The standard InChI is InChI=1S/C17H20N4O/c1-12(22)17-9-14-11-20(7-8-21(14)19-17)10-13-3-2-4-16-15(13)5-6-18-16/h2-6,9,12,18,22H,7-8,10-11H2,1H3. The van der Waals surface area contributed by atoms with E-state index in [1.54, 1.807) is 6.92 Å². The molecule has 0 amide bonds. The molecule has 2 N–H and O–H groups in total. The summed E-state index contributed by atoms with van der Waals surface area (Å²) in [6.07, 6.45) is 1.49.